The largest absolute Gasteiger partial charge is 0.481 e. The summed E-state index contributed by atoms with van der Waals surface area (Å²) >= 11 is 0. The maximum Gasteiger partial charge on any atom is 0.303 e. The van der Waals surface area contributed by atoms with Crippen LogP contribution in [0.5, 0.6) is 0 Å². The van der Waals surface area contributed by atoms with Crippen LogP contribution < -0.4 is 5.32 Å². The first kappa shape index (κ1) is 15.0. The van der Waals surface area contributed by atoms with E-state index in [-0.39, 0.29) is 12.3 Å². The average Bonchev–Trinajstić information content (AvgIpc) is 2.85. The lowest BCUT2D eigenvalue weighted by atomic mass is 10.0. The Kier molecular flexibility index (Phi) is 6.72. The van der Waals surface area contributed by atoms with Gasteiger partial charge >= 0.3 is 5.97 Å². The molecule has 1 heterocycles. The number of nitrogens with one attached hydrogen (secondary N) is 1. The molecule has 1 unspecified atom stereocenters. The SMILES string of the molecule is CC(CCNCC(=O)N1CCCC1)CCC(=O)O. The molecule has 1 aliphatic heterocycles. The van der Waals surface area contributed by atoms with Crippen LogP contribution in [0, 0.1) is 5.92 Å². The first-order valence-electron chi connectivity index (χ1n) is 6.80. The van der Waals surface area contributed by atoms with E-state index < -0.39 is 5.97 Å². The molecule has 18 heavy (non-hydrogen) atoms. The van der Waals surface area contributed by atoms with Crippen molar-refractivity contribution in [2.45, 2.75) is 39.0 Å². The molecule has 1 amide bonds. The van der Waals surface area contributed by atoms with Crippen molar-refractivity contribution in [3.63, 3.8) is 0 Å². The minimum atomic E-state index is -0.737. The Hall–Kier alpha value is -1.10. The highest BCUT2D eigenvalue weighted by Crippen LogP contribution is 2.09. The molecule has 5 nitrogen and oxygen atoms in total. The minimum Gasteiger partial charge on any atom is -0.481 e. The number of hydrogen-bond acceptors (Lipinski definition) is 3. The van der Waals surface area contributed by atoms with Gasteiger partial charge in [-0.2, -0.15) is 0 Å². The Morgan fingerprint density at radius 1 is 1.28 bits per heavy atom. The van der Waals surface area contributed by atoms with E-state index in [1.54, 1.807) is 0 Å². The topological polar surface area (TPSA) is 69.6 Å². The first-order valence-corrected chi connectivity index (χ1v) is 6.80. The summed E-state index contributed by atoms with van der Waals surface area (Å²) in [7, 11) is 0. The van der Waals surface area contributed by atoms with Crippen molar-refractivity contribution in [2.75, 3.05) is 26.2 Å². The molecule has 1 atom stereocenters. The predicted molar refractivity (Wildman–Crippen MR) is 69.3 cm³/mol. The van der Waals surface area contributed by atoms with Crippen LogP contribution in [0.4, 0.5) is 0 Å². The van der Waals surface area contributed by atoms with Crippen molar-refractivity contribution < 1.29 is 14.7 Å². The molecule has 0 aromatic carbocycles. The van der Waals surface area contributed by atoms with Crippen LogP contribution in [0.2, 0.25) is 0 Å². The van der Waals surface area contributed by atoms with Crippen molar-refractivity contribution in [1.82, 2.24) is 10.2 Å². The number of carbonyl (C=O) groups excluding carboxylic acids is 1. The van der Waals surface area contributed by atoms with Crippen LogP contribution in [0.25, 0.3) is 0 Å². The molecule has 1 rings (SSSR count). The second kappa shape index (κ2) is 8.08. The number of carboxylic acids is 1. The van der Waals surface area contributed by atoms with Crippen LogP contribution in [0.1, 0.15) is 39.0 Å². The summed E-state index contributed by atoms with van der Waals surface area (Å²) < 4.78 is 0. The highest BCUT2D eigenvalue weighted by Gasteiger charge is 2.16. The van der Waals surface area contributed by atoms with Crippen molar-refractivity contribution in [2.24, 2.45) is 5.92 Å². The molecule has 5 heteroatoms. The molecule has 1 aliphatic rings. The van der Waals surface area contributed by atoms with E-state index in [0.717, 1.165) is 38.9 Å². The third-order valence-electron chi connectivity index (χ3n) is 3.40. The number of amides is 1. The molecular formula is C13H24N2O3. The van der Waals surface area contributed by atoms with Crippen molar-refractivity contribution in [3.8, 4) is 0 Å². The third-order valence-corrected chi connectivity index (χ3v) is 3.40. The number of carbonyl (C=O) groups is 2. The number of carboxylic acid groups (broad SMARTS) is 1. The van der Waals surface area contributed by atoms with Gasteiger partial charge in [-0.3, -0.25) is 9.59 Å². The van der Waals surface area contributed by atoms with E-state index >= 15 is 0 Å². The van der Waals surface area contributed by atoms with Crippen LogP contribution in [-0.4, -0.2) is 48.1 Å². The number of aliphatic carboxylic acids is 1. The fraction of sp³-hybridized carbons (Fsp3) is 0.846. The molecule has 104 valence electrons. The maximum atomic E-state index is 11.7. The van der Waals surface area contributed by atoms with Crippen molar-refractivity contribution in [1.29, 1.82) is 0 Å². The Bertz CT molecular complexity index is 275. The average molecular weight is 256 g/mol. The van der Waals surface area contributed by atoms with Gasteiger partial charge in [0.2, 0.25) is 5.91 Å². The summed E-state index contributed by atoms with van der Waals surface area (Å²) in [5.74, 6) is -0.166. The molecule has 1 saturated heterocycles. The van der Waals surface area contributed by atoms with Crippen LogP contribution in [0.15, 0.2) is 0 Å². The molecule has 0 aromatic rings. The Morgan fingerprint density at radius 2 is 1.94 bits per heavy atom. The summed E-state index contributed by atoms with van der Waals surface area (Å²) in [4.78, 5) is 24.0. The van der Waals surface area contributed by atoms with Crippen LogP contribution in [-0.2, 0) is 9.59 Å². The van der Waals surface area contributed by atoms with Gasteiger partial charge in [-0.25, -0.2) is 0 Å². The third kappa shape index (κ3) is 6.00. The predicted octanol–water partition coefficient (Wildman–Crippen LogP) is 1.09. The van der Waals surface area contributed by atoms with E-state index in [2.05, 4.69) is 5.32 Å². The summed E-state index contributed by atoms with van der Waals surface area (Å²) in [6, 6.07) is 0. The van der Waals surface area contributed by atoms with Gasteiger partial charge < -0.3 is 15.3 Å². The van der Waals surface area contributed by atoms with Crippen LogP contribution in [0.3, 0.4) is 0 Å². The van der Waals surface area contributed by atoms with E-state index in [4.69, 9.17) is 5.11 Å². The van der Waals surface area contributed by atoms with Gasteiger partial charge in [0.15, 0.2) is 0 Å². The molecule has 0 bridgehead atoms. The molecule has 2 N–H and O–H groups in total. The second-order valence-corrected chi connectivity index (χ2v) is 5.09. The standard InChI is InChI=1S/C13H24N2O3/c1-11(4-5-13(17)18)6-7-14-10-12(16)15-8-2-3-9-15/h11,14H,2-10H2,1H3,(H,17,18). The van der Waals surface area contributed by atoms with Gasteiger partial charge in [-0.15, -0.1) is 0 Å². The Morgan fingerprint density at radius 3 is 2.56 bits per heavy atom. The number of hydrogen-bond donors (Lipinski definition) is 2. The fourth-order valence-electron chi connectivity index (χ4n) is 2.14. The number of likely N-dealkylation sites (tertiary alicyclic amines) is 1. The lowest BCUT2D eigenvalue weighted by Gasteiger charge is -2.16. The zero-order valence-electron chi connectivity index (χ0n) is 11.2. The van der Waals surface area contributed by atoms with Gasteiger partial charge in [0, 0.05) is 19.5 Å². The lowest BCUT2D eigenvalue weighted by Crippen LogP contribution is -2.36. The zero-order valence-corrected chi connectivity index (χ0v) is 11.2. The molecule has 0 spiro atoms. The highest BCUT2D eigenvalue weighted by atomic mass is 16.4. The first-order chi connectivity index (χ1) is 8.59. The van der Waals surface area contributed by atoms with Crippen LogP contribution >= 0.6 is 0 Å². The molecule has 0 radical (unpaired) electrons. The maximum absolute atomic E-state index is 11.7. The van der Waals surface area contributed by atoms with Gasteiger partial charge in [-0.1, -0.05) is 6.92 Å². The van der Waals surface area contributed by atoms with E-state index in [1.165, 1.54) is 0 Å². The van der Waals surface area contributed by atoms with Gasteiger partial charge in [0.1, 0.15) is 0 Å². The van der Waals surface area contributed by atoms with Crippen molar-refractivity contribution >= 4 is 11.9 Å². The molecule has 0 saturated carbocycles. The smallest absolute Gasteiger partial charge is 0.303 e. The van der Waals surface area contributed by atoms with Gasteiger partial charge in [0.05, 0.1) is 6.54 Å². The molecular weight excluding hydrogens is 232 g/mol. The quantitative estimate of drug-likeness (QED) is 0.638. The number of nitrogens with zero attached hydrogens (tertiary/aromatic N) is 1. The fourth-order valence-corrected chi connectivity index (χ4v) is 2.14. The van der Waals surface area contributed by atoms with Gasteiger partial charge in [0.25, 0.3) is 0 Å². The van der Waals surface area contributed by atoms with Gasteiger partial charge in [-0.05, 0) is 38.1 Å². The molecule has 1 fully saturated rings. The van der Waals surface area contributed by atoms with Crippen molar-refractivity contribution in [3.05, 3.63) is 0 Å². The normalized spacial score (nSPS) is 16.8. The summed E-state index contributed by atoms with van der Waals surface area (Å²) in [5.41, 5.74) is 0. The second-order valence-electron chi connectivity index (χ2n) is 5.09. The lowest BCUT2D eigenvalue weighted by molar-refractivity contribution is -0.137. The van der Waals surface area contributed by atoms with E-state index in [0.29, 0.717) is 18.9 Å². The summed E-state index contributed by atoms with van der Waals surface area (Å²) in [6.45, 7) is 5.03. The van der Waals surface area contributed by atoms with E-state index in [1.807, 2.05) is 11.8 Å². The Balaban J connectivity index is 2.00. The minimum absolute atomic E-state index is 0.186. The molecule has 0 aromatic heterocycles. The summed E-state index contributed by atoms with van der Waals surface area (Å²) in [5, 5.41) is 11.7. The highest BCUT2D eigenvalue weighted by molar-refractivity contribution is 5.78. The summed E-state index contributed by atoms with van der Waals surface area (Å²) in [6.07, 6.45) is 4.10. The zero-order chi connectivity index (χ0) is 13.4. The number of rotatable bonds is 8. The van der Waals surface area contributed by atoms with E-state index in [9.17, 15) is 9.59 Å². The Labute approximate surface area is 109 Å². The monoisotopic (exact) mass is 256 g/mol. The molecule has 0 aliphatic carbocycles.